The summed E-state index contributed by atoms with van der Waals surface area (Å²) >= 11 is 0. The van der Waals surface area contributed by atoms with E-state index in [4.69, 9.17) is 20.0 Å². The fraction of sp³-hybridized carbons (Fsp3) is 0.300. The van der Waals surface area contributed by atoms with Crippen molar-refractivity contribution in [2.45, 2.75) is 25.9 Å². The molecule has 1 unspecified atom stereocenters. The zero-order chi connectivity index (χ0) is 20.1. The number of amides is 1. The van der Waals surface area contributed by atoms with Crippen LogP contribution in [0.15, 0.2) is 41.6 Å². The highest BCUT2D eigenvalue weighted by molar-refractivity contribution is 6.01. The Labute approximate surface area is 160 Å². The molecule has 1 amide bonds. The maximum absolute atomic E-state index is 14.2. The van der Waals surface area contributed by atoms with Crippen LogP contribution >= 0.6 is 0 Å². The quantitative estimate of drug-likeness (QED) is 0.749. The van der Waals surface area contributed by atoms with Gasteiger partial charge >= 0.3 is 0 Å². The maximum Gasteiger partial charge on any atom is 0.254 e. The molecule has 0 aromatic heterocycles. The molecule has 1 atom stereocenters. The first-order valence-corrected chi connectivity index (χ1v) is 8.86. The molecule has 6 nitrogen and oxygen atoms in total. The zero-order valence-electron chi connectivity index (χ0n) is 15.3. The third kappa shape index (κ3) is 4.39. The highest BCUT2D eigenvalue weighted by Gasteiger charge is 2.25. The van der Waals surface area contributed by atoms with Crippen molar-refractivity contribution in [3.8, 4) is 11.5 Å². The minimum atomic E-state index is -1.20. The first kappa shape index (κ1) is 19.6. The van der Waals surface area contributed by atoms with Crippen LogP contribution in [0.5, 0.6) is 11.5 Å². The molecule has 3 rings (SSSR count). The summed E-state index contributed by atoms with van der Waals surface area (Å²) in [4.78, 5) is 16.5. The molecule has 0 radical (unpaired) electrons. The lowest BCUT2D eigenvalue weighted by Gasteiger charge is -2.12. The van der Waals surface area contributed by atoms with E-state index in [9.17, 15) is 13.6 Å². The summed E-state index contributed by atoms with van der Waals surface area (Å²) in [6, 6.07) is 9.53. The van der Waals surface area contributed by atoms with Gasteiger partial charge in [0.15, 0.2) is 17.7 Å². The molecule has 0 saturated carbocycles. The number of nitrogens with zero attached hydrogens (tertiary/aromatic N) is 1. The van der Waals surface area contributed by atoms with E-state index in [-0.39, 0.29) is 12.4 Å². The summed E-state index contributed by atoms with van der Waals surface area (Å²) in [7, 11) is 0. The number of hydrogen-bond acceptors (Lipinski definition) is 5. The van der Waals surface area contributed by atoms with Gasteiger partial charge < -0.3 is 20.0 Å². The lowest BCUT2D eigenvalue weighted by atomic mass is 10.1. The Morgan fingerprint density at radius 1 is 1.29 bits per heavy atom. The van der Waals surface area contributed by atoms with Gasteiger partial charge in [0.25, 0.3) is 5.91 Å². The van der Waals surface area contributed by atoms with Crippen LogP contribution in [0.25, 0.3) is 0 Å². The summed E-state index contributed by atoms with van der Waals surface area (Å²) in [5.41, 5.74) is 5.75. The highest BCUT2D eigenvalue weighted by atomic mass is 19.1. The smallest absolute Gasteiger partial charge is 0.254 e. The lowest BCUT2D eigenvalue weighted by molar-refractivity contribution is 0.0458. The van der Waals surface area contributed by atoms with Gasteiger partial charge in [0, 0.05) is 12.0 Å². The van der Waals surface area contributed by atoms with Crippen LogP contribution in [0.3, 0.4) is 0 Å². The molecular formula is C20H20F2N2O4. The second-order valence-corrected chi connectivity index (χ2v) is 6.26. The van der Waals surface area contributed by atoms with Crippen molar-refractivity contribution < 1.29 is 27.9 Å². The van der Waals surface area contributed by atoms with Crippen LogP contribution in [0.4, 0.5) is 8.78 Å². The minimum absolute atomic E-state index is 0.0280. The standard InChI is InChI=1S/C20H20F2N2O4/c1-2-8-26-13-5-3-4-12(9-13)16-10-14(28-24-16)11-27-17-7-6-15(21)18(19(17)22)20(23)25/h3-7,9,14H,2,8,10-11H2,1H3,(H2,23,25). The number of carbonyl (C=O) groups is 1. The Morgan fingerprint density at radius 2 is 2.11 bits per heavy atom. The normalized spacial score (nSPS) is 15.7. The fourth-order valence-corrected chi connectivity index (χ4v) is 2.73. The number of carbonyl (C=O) groups excluding carboxylic acids is 1. The van der Waals surface area contributed by atoms with Gasteiger partial charge in [-0.3, -0.25) is 4.79 Å². The van der Waals surface area contributed by atoms with E-state index in [0.717, 1.165) is 29.9 Å². The molecule has 2 aromatic rings. The van der Waals surface area contributed by atoms with Gasteiger partial charge in [-0.2, -0.15) is 0 Å². The van der Waals surface area contributed by atoms with Crippen molar-refractivity contribution in [2.24, 2.45) is 10.9 Å². The monoisotopic (exact) mass is 390 g/mol. The van der Waals surface area contributed by atoms with E-state index < -0.39 is 29.2 Å². The number of oxime groups is 1. The number of nitrogens with two attached hydrogens (primary N) is 1. The predicted molar refractivity (Wildman–Crippen MR) is 98.6 cm³/mol. The second-order valence-electron chi connectivity index (χ2n) is 6.26. The van der Waals surface area contributed by atoms with Gasteiger partial charge in [0.05, 0.1) is 12.3 Å². The average Bonchev–Trinajstić information content (AvgIpc) is 3.15. The summed E-state index contributed by atoms with van der Waals surface area (Å²) in [5.74, 6) is -2.90. The van der Waals surface area contributed by atoms with Gasteiger partial charge in [-0.25, -0.2) is 8.78 Å². The van der Waals surface area contributed by atoms with Crippen LogP contribution in [-0.4, -0.2) is 30.9 Å². The molecule has 0 saturated heterocycles. The van der Waals surface area contributed by atoms with Crippen molar-refractivity contribution in [1.29, 1.82) is 0 Å². The van der Waals surface area contributed by atoms with Crippen molar-refractivity contribution in [1.82, 2.24) is 0 Å². The zero-order valence-corrected chi connectivity index (χ0v) is 15.3. The van der Waals surface area contributed by atoms with Gasteiger partial charge in [-0.1, -0.05) is 24.2 Å². The molecule has 1 aliphatic rings. The van der Waals surface area contributed by atoms with Crippen LogP contribution in [0.2, 0.25) is 0 Å². The largest absolute Gasteiger partial charge is 0.494 e. The van der Waals surface area contributed by atoms with Crippen molar-refractivity contribution in [2.75, 3.05) is 13.2 Å². The molecule has 0 bridgehead atoms. The molecular weight excluding hydrogens is 370 g/mol. The fourth-order valence-electron chi connectivity index (χ4n) is 2.73. The Kier molecular flexibility index (Phi) is 6.08. The Balaban J connectivity index is 1.61. The summed E-state index contributed by atoms with van der Waals surface area (Å²) < 4.78 is 38.7. The molecule has 1 aliphatic heterocycles. The number of benzene rings is 2. The molecule has 0 spiro atoms. The number of rotatable bonds is 8. The first-order chi connectivity index (χ1) is 13.5. The third-order valence-electron chi connectivity index (χ3n) is 4.10. The molecule has 0 aliphatic carbocycles. The molecule has 148 valence electrons. The first-order valence-electron chi connectivity index (χ1n) is 8.86. The van der Waals surface area contributed by atoms with E-state index in [1.165, 1.54) is 0 Å². The van der Waals surface area contributed by atoms with E-state index in [0.29, 0.717) is 18.7 Å². The van der Waals surface area contributed by atoms with Crippen LogP contribution in [0, 0.1) is 11.6 Å². The molecule has 0 fully saturated rings. The Morgan fingerprint density at radius 3 is 2.86 bits per heavy atom. The SMILES string of the molecule is CCCOc1cccc(C2=NOC(COc3ccc(F)c(C(N)=O)c3F)C2)c1. The van der Waals surface area contributed by atoms with Gasteiger partial charge in [0.2, 0.25) is 0 Å². The lowest BCUT2D eigenvalue weighted by Crippen LogP contribution is -2.20. The van der Waals surface area contributed by atoms with E-state index >= 15 is 0 Å². The van der Waals surface area contributed by atoms with Crippen molar-refractivity contribution >= 4 is 11.6 Å². The van der Waals surface area contributed by atoms with E-state index in [1.807, 2.05) is 31.2 Å². The number of ether oxygens (including phenoxy) is 2. The molecule has 2 N–H and O–H groups in total. The number of hydrogen-bond donors (Lipinski definition) is 1. The van der Waals surface area contributed by atoms with Crippen LogP contribution in [-0.2, 0) is 4.84 Å². The summed E-state index contributed by atoms with van der Waals surface area (Å²) in [5, 5.41) is 4.06. The molecule has 1 heterocycles. The summed E-state index contributed by atoms with van der Waals surface area (Å²) in [6.07, 6.45) is 0.907. The Bertz CT molecular complexity index is 902. The summed E-state index contributed by atoms with van der Waals surface area (Å²) in [6.45, 7) is 2.62. The maximum atomic E-state index is 14.2. The molecule has 28 heavy (non-hydrogen) atoms. The number of primary amides is 1. The van der Waals surface area contributed by atoms with E-state index in [2.05, 4.69) is 5.16 Å². The Hall–Kier alpha value is -3.16. The minimum Gasteiger partial charge on any atom is -0.494 e. The van der Waals surface area contributed by atoms with Gasteiger partial charge in [-0.05, 0) is 30.7 Å². The highest BCUT2D eigenvalue weighted by Crippen LogP contribution is 2.25. The van der Waals surface area contributed by atoms with Crippen LogP contribution in [0.1, 0.15) is 35.7 Å². The molecule has 8 heteroatoms. The third-order valence-corrected chi connectivity index (χ3v) is 4.10. The van der Waals surface area contributed by atoms with Crippen molar-refractivity contribution in [3.05, 3.63) is 59.2 Å². The van der Waals surface area contributed by atoms with Crippen LogP contribution < -0.4 is 15.2 Å². The second kappa shape index (κ2) is 8.69. The van der Waals surface area contributed by atoms with E-state index in [1.54, 1.807) is 0 Å². The van der Waals surface area contributed by atoms with Gasteiger partial charge in [-0.15, -0.1) is 0 Å². The predicted octanol–water partition coefficient (Wildman–Crippen LogP) is 3.42. The average molecular weight is 390 g/mol. The van der Waals surface area contributed by atoms with Crippen molar-refractivity contribution in [3.63, 3.8) is 0 Å². The topological polar surface area (TPSA) is 83.1 Å². The molecule has 2 aromatic carbocycles. The number of halogens is 2. The van der Waals surface area contributed by atoms with Gasteiger partial charge in [0.1, 0.15) is 23.7 Å².